The minimum Gasteiger partial charge on any atom is -0.481 e. The SMILES string of the molecule is COCC(C)CNC(=O)CC(=O)O. The number of methoxy groups -OCH3 is 1. The van der Waals surface area contributed by atoms with E-state index in [0.29, 0.717) is 13.2 Å². The molecule has 76 valence electrons. The molecule has 0 aromatic rings. The van der Waals surface area contributed by atoms with Crippen molar-refractivity contribution < 1.29 is 19.4 Å². The van der Waals surface area contributed by atoms with Crippen LogP contribution in [0.4, 0.5) is 0 Å². The lowest BCUT2D eigenvalue weighted by Gasteiger charge is -2.10. The zero-order valence-electron chi connectivity index (χ0n) is 7.87. The monoisotopic (exact) mass is 189 g/mol. The molecule has 0 rings (SSSR count). The molecular formula is C8H15NO4. The van der Waals surface area contributed by atoms with Crippen LogP contribution in [0.3, 0.4) is 0 Å². The van der Waals surface area contributed by atoms with Gasteiger partial charge in [-0.25, -0.2) is 0 Å². The summed E-state index contributed by atoms with van der Waals surface area (Å²) in [5, 5.41) is 10.8. The van der Waals surface area contributed by atoms with Crippen LogP contribution in [0, 0.1) is 5.92 Å². The minimum atomic E-state index is -1.11. The number of hydrogen-bond donors (Lipinski definition) is 2. The second-order valence-electron chi connectivity index (χ2n) is 2.94. The summed E-state index contributed by atoms with van der Waals surface area (Å²) >= 11 is 0. The van der Waals surface area contributed by atoms with E-state index in [4.69, 9.17) is 9.84 Å². The van der Waals surface area contributed by atoms with E-state index in [1.807, 2.05) is 6.92 Å². The van der Waals surface area contributed by atoms with Crippen LogP contribution >= 0.6 is 0 Å². The second kappa shape index (κ2) is 6.42. The van der Waals surface area contributed by atoms with Crippen LogP contribution in [0.15, 0.2) is 0 Å². The van der Waals surface area contributed by atoms with Crippen molar-refractivity contribution in [3.8, 4) is 0 Å². The highest BCUT2D eigenvalue weighted by Gasteiger charge is 2.08. The van der Waals surface area contributed by atoms with E-state index in [-0.39, 0.29) is 5.92 Å². The van der Waals surface area contributed by atoms with Gasteiger partial charge in [0.1, 0.15) is 6.42 Å². The van der Waals surface area contributed by atoms with Crippen molar-refractivity contribution in [2.45, 2.75) is 13.3 Å². The first-order valence-electron chi connectivity index (χ1n) is 4.03. The molecule has 0 radical (unpaired) electrons. The van der Waals surface area contributed by atoms with Crippen molar-refractivity contribution in [2.75, 3.05) is 20.3 Å². The lowest BCUT2D eigenvalue weighted by Crippen LogP contribution is -2.31. The molecule has 1 amide bonds. The van der Waals surface area contributed by atoms with Crippen LogP contribution in [-0.4, -0.2) is 37.2 Å². The summed E-state index contributed by atoms with van der Waals surface area (Å²) in [4.78, 5) is 20.9. The molecule has 1 atom stereocenters. The van der Waals surface area contributed by atoms with Gasteiger partial charge in [0.2, 0.25) is 5.91 Å². The standard InChI is InChI=1S/C8H15NO4/c1-6(5-13-2)4-9-7(10)3-8(11)12/h6H,3-5H2,1-2H3,(H,9,10)(H,11,12). The van der Waals surface area contributed by atoms with Gasteiger partial charge in [0.05, 0.1) is 6.61 Å². The summed E-state index contributed by atoms with van der Waals surface area (Å²) in [6.07, 6.45) is -0.473. The third-order valence-electron chi connectivity index (χ3n) is 1.41. The fourth-order valence-corrected chi connectivity index (χ4v) is 0.831. The molecule has 0 aliphatic heterocycles. The van der Waals surface area contributed by atoms with E-state index in [1.165, 1.54) is 0 Å². The Morgan fingerprint density at radius 1 is 1.54 bits per heavy atom. The van der Waals surface area contributed by atoms with Gasteiger partial charge in [-0.2, -0.15) is 0 Å². The van der Waals surface area contributed by atoms with E-state index < -0.39 is 18.3 Å². The predicted octanol–water partition coefficient (Wildman–Crippen LogP) is -0.140. The van der Waals surface area contributed by atoms with Crippen molar-refractivity contribution in [3.05, 3.63) is 0 Å². The average Bonchev–Trinajstić information content (AvgIpc) is 2.00. The average molecular weight is 189 g/mol. The van der Waals surface area contributed by atoms with Gasteiger partial charge in [-0.1, -0.05) is 6.92 Å². The summed E-state index contributed by atoms with van der Waals surface area (Å²) in [5.41, 5.74) is 0. The zero-order chi connectivity index (χ0) is 10.3. The summed E-state index contributed by atoms with van der Waals surface area (Å²) in [6, 6.07) is 0. The van der Waals surface area contributed by atoms with Gasteiger partial charge < -0.3 is 15.2 Å². The molecule has 13 heavy (non-hydrogen) atoms. The maximum absolute atomic E-state index is 10.8. The van der Waals surface area contributed by atoms with Crippen molar-refractivity contribution in [2.24, 2.45) is 5.92 Å². The van der Waals surface area contributed by atoms with E-state index in [1.54, 1.807) is 7.11 Å². The molecule has 0 bridgehead atoms. The van der Waals surface area contributed by atoms with Gasteiger partial charge in [-0.3, -0.25) is 9.59 Å². The second-order valence-corrected chi connectivity index (χ2v) is 2.94. The molecule has 0 saturated heterocycles. The number of carbonyl (C=O) groups excluding carboxylic acids is 1. The van der Waals surface area contributed by atoms with Crippen LogP contribution in [0.1, 0.15) is 13.3 Å². The summed E-state index contributed by atoms with van der Waals surface area (Å²) in [7, 11) is 1.58. The molecular weight excluding hydrogens is 174 g/mol. The molecule has 5 nitrogen and oxygen atoms in total. The van der Waals surface area contributed by atoms with Crippen LogP contribution in [0.5, 0.6) is 0 Å². The topological polar surface area (TPSA) is 75.6 Å². The Bertz CT molecular complexity index is 181. The number of carboxylic acids is 1. The van der Waals surface area contributed by atoms with Gasteiger partial charge in [0, 0.05) is 13.7 Å². The highest BCUT2D eigenvalue weighted by atomic mass is 16.5. The number of nitrogens with one attached hydrogen (secondary N) is 1. The number of hydrogen-bond acceptors (Lipinski definition) is 3. The highest BCUT2D eigenvalue weighted by molar-refractivity contribution is 5.93. The lowest BCUT2D eigenvalue weighted by atomic mass is 10.2. The first-order valence-corrected chi connectivity index (χ1v) is 4.03. The normalized spacial score (nSPS) is 12.2. The number of carboxylic acid groups (broad SMARTS) is 1. The highest BCUT2D eigenvalue weighted by Crippen LogP contribution is 1.92. The molecule has 5 heteroatoms. The Labute approximate surface area is 77.1 Å². The largest absolute Gasteiger partial charge is 0.481 e. The third-order valence-corrected chi connectivity index (χ3v) is 1.41. The van der Waals surface area contributed by atoms with E-state index in [2.05, 4.69) is 5.32 Å². The summed E-state index contributed by atoms with van der Waals surface area (Å²) in [6.45, 7) is 2.90. The summed E-state index contributed by atoms with van der Waals surface area (Å²) < 4.78 is 4.85. The minimum absolute atomic E-state index is 0.197. The fraction of sp³-hybridized carbons (Fsp3) is 0.750. The van der Waals surface area contributed by atoms with Gasteiger partial charge in [0.15, 0.2) is 0 Å². The van der Waals surface area contributed by atoms with Crippen LogP contribution in [0.25, 0.3) is 0 Å². The molecule has 0 aliphatic carbocycles. The van der Waals surface area contributed by atoms with Gasteiger partial charge >= 0.3 is 5.97 Å². The van der Waals surface area contributed by atoms with E-state index in [9.17, 15) is 9.59 Å². The molecule has 0 heterocycles. The fourth-order valence-electron chi connectivity index (χ4n) is 0.831. The first kappa shape index (κ1) is 11.9. The smallest absolute Gasteiger partial charge is 0.312 e. The number of carbonyl (C=O) groups is 2. The molecule has 0 aromatic carbocycles. The molecule has 0 aliphatic rings. The Balaban J connectivity index is 3.51. The zero-order valence-corrected chi connectivity index (χ0v) is 7.87. The molecule has 0 fully saturated rings. The van der Waals surface area contributed by atoms with Crippen LogP contribution in [0.2, 0.25) is 0 Å². The van der Waals surface area contributed by atoms with Crippen LogP contribution in [-0.2, 0) is 14.3 Å². The number of rotatable bonds is 6. The van der Waals surface area contributed by atoms with Crippen molar-refractivity contribution >= 4 is 11.9 Å². The predicted molar refractivity (Wildman–Crippen MR) is 46.3 cm³/mol. The Hall–Kier alpha value is -1.10. The summed E-state index contributed by atoms with van der Waals surface area (Å²) in [5.74, 6) is -1.38. The maximum atomic E-state index is 10.8. The third kappa shape index (κ3) is 7.27. The lowest BCUT2D eigenvalue weighted by molar-refractivity contribution is -0.140. The Morgan fingerprint density at radius 2 is 2.15 bits per heavy atom. The van der Waals surface area contributed by atoms with Gasteiger partial charge in [0.25, 0.3) is 0 Å². The van der Waals surface area contributed by atoms with Crippen LogP contribution < -0.4 is 5.32 Å². The molecule has 0 spiro atoms. The number of ether oxygens (including phenoxy) is 1. The van der Waals surface area contributed by atoms with Gasteiger partial charge in [-0.05, 0) is 5.92 Å². The van der Waals surface area contributed by atoms with Crippen molar-refractivity contribution in [1.82, 2.24) is 5.32 Å². The Morgan fingerprint density at radius 3 is 2.62 bits per heavy atom. The Kier molecular flexibility index (Phi) is 5.88. The number of amides is 1. The molecule has 2 N–H and O–H groups in total. The van der Waals surface area contributed by atoms with E-state index in [0.717, 1.165) is 0 Å². The van der Waals surface area contributed by atoms with Crippen molar-refractivity contribution in [1.29, 1.82) is 0 Å². The van der Waals surface area contributed by atoms with Gasteiger partial charge in [-0.15, -0.1) is 0 Å². The van der Waals surface area contributed by atoms with E-state index >= 15 is 0 Å². The quantitative estimate of drug-likeness (QED) is 0.570. The van der Waals surface area contributed by atoms with Crippen molar-refractivity contribution in [3.63, 3.8) is 0 Å². The molecule has 0 saturated carbocycles. The number of aliphatic carboxylic acids is 1. The molecule has 0 aromatic heterocycles. The maximum Gasteiger partial charge on any atom is 0.312 e. The molecule has 1 unspecified atom stereocenters. The first-order chi connectivity index (χ1) is 6.06.